The predicted octanol–water partition coefficient (Wildman–Crippen LogP) is 4.39. The van der Waals surface area contributed by atoms with Crippen LogP contribution in [-0.2, 0) is 9.59 Å². The first-order chi connectivity index (χ1) is 12.4. The molecule has 3 rings (SSSR count). The molecule has 1 aliphatic heterocycles. The van der Waals surface area contributed by atoms with E-state index in [1.807, 2.05) is 56.3 Å². The van der Waals surface area contributed by atoms with Crippen molar-refractivity contribution in [3.8, 4) is 5.75 Å². The van der Waals surface area contributed by atoms with Crippen molar-refractivity contribution in [2.24, 2.45) is 5.92 Å². The fourth-order valence-corrected chi connectivity index (χ4v) is 3.36. The van der Waals surface area contributed by atoms with E-state index in [9.17, 15) is 9.59 Å². The van der Waals surface area contributed by atoms with Gasteiger partial charge in [-0.15, -0.1) is 0 Å². The van der Waals surface area contributed by atoms with Gasteiger partial charge in [0.25, 0.3) is 0 Å². The number of carbonyl (C=O) groups is 2. The average molecular weight is 351 g/mol. The van der Waals surface area contributed by atoms with Crippen LogP contribution in [0, 0.1) is 19.8 Å². The Morgan fingerprint density at radius 2 is 1.88 bits per heavy atom. The molecule has 4 heteroatoms. The summed E-state index contributed by atoms with van der Waals surface area (Å²) in [5.41, 5.74) is 3.94. The average Bonchev–Trinajstić information content (AvgIpc) is 2.97. The van der Waals surface area contributed by atoms with Crippen LogP contribution in [0.2, 0.25) is 0 Å². The summed E-state index contributed by atoms with van der Waals surface area (Å²) in [6.45, 7) is 8.45. The molecule has 1 atom stereocenters. The van der Waals surface area contributed by atoms with Crippen LogP contribution in [-0.4, -0.2) is 18.4 Å². The molecule has 0 N–H and O–H groups in total. The van der Waals surface area contributed by atoms with E-state index in [4.69, 9.17) is 4.74 Å². The third kappa shape index (κ3) is 3.64. The fourth-order valence-electron chi connectivity index (χ4n) is 3.36. The van der Waals surface area contributed by atoms with E-state index in [0.717, 1.165) is 22.4 Å². The number of para-hydroxylation sites is 1. The first-order valence-corrected chi connectivity index (χ1v) is 9.05. The van der Waals surface area contributed by atoms with Gasteiger partial charge in [-0.05, 0) is 48.6 Å². The van der Waals surface area contributed by atoms with Gasteiger partial charge in [-0.3, -0.25) is 9.59 Å². The largest absolute Gasteiger partial charge is 0.426 e. The van der Waals surface area contributed by atoms with Crippen molar-refractivity contribution < 1.29 is 14.3 Å². The summed E-state index contributed by atoms with van der Waals surface area (Å²) in [7, 11) is 0. The number of anilines is 1. The molecule has 2 aromatic carbocycles. The van der Waals surface area contributed by atoms with Crippen LogP contribution in [0.5, 0.6) is 5.75 Å². The minimum atomic E-state index is -0.442. The molecule has 0 saturated carbocycles. The van der Waals surface area contributed by atoms with Crippen LogP contribution in [0.1, 0.15) is 42.9 Å². The van der Waals surface area contributed by atoms with E-state index in [0.29, 0.717) is 12.3 Å². The van der Waals surface area contributed by atoms with Gasteiger partial charge in [0.05, 0.1) is 5.92 Å². The van der Waals surface area contributed by atoms with Crippen LogP contribution in [0.15, 0.2) is 42.5 Å². The molecule has 0 radical (unpaired) electrons. The van der Waals surface area contributed by atoms with Gasteiger partial charge in [0, 0.05) is 18.7 Å². The Bertz CT molecular complexity index is 841. The molecule has 0 aromatic heterocycles. The number of benzene rings is 2. The first-order valence-electron chi connectivity index (χ1n) is 9.05. The molecule has 136 valence electrons. The third-order valence-electron chi connectivity index (χ3n) is 4.87. The lowest BCUT2D eigenvalue weighted by Crippen LogP contribution is -2.28. The van der Waals surface area contributed by atoms with Crippen LogP contribution in [0.25, 0.3) is 0 Å². The third-order valence-corrected chi connectivity index (χ3v) is 4.87. The lowest BCUT2D eigenvalue weighted by molar-refractivity contribution is -0.139. The molecule has 4 nitrogen and oxygen atoms in total. The van der Waals surface area contributed by atoms with Crippen LogP contribution < -0.4 is 9.64 Å². The van der Waals surface area contributed by atoms with Gasteiger partial charge < -0.3 is 9.64 Å². The highest BCUT2D eigenvalue weighted by Gasteiger charge is 2.37. The Labute approximate surface area is 154 Å². The highest BCUT2D eigenvalue weighted by Crippen LogP contribution is 2.31. The monoisotopic (exact) mass is 351 g/mol. The van der Waals surface area contributed by atoms with E-state index in [2.05, 4.69) is 13.8 Å². The Kier molecular flexibility index (Phi) is 5.12. The lowest BCUT2D eigenvalue weighted by atomic mass is 10.0. The number of hydrogen-bond donors (Lipinski definition) is 0. The van der Waals surface area contributed by atoms with Crippen molar-refractivity contribution in [1.82, 2.24) is 0 Å². The predicted molar refractivity (Wildman–Crippen MR) is 103 cm³/mol. The van der Waals surface area contributed by atoms with Gasteiger partial charge in [-0.25, -0.2) is 0 Å². The molecule has 1 aliphatic rings. The number of ether oxygens (including phenoxy) is 1. The summed E-state index contributed by atoms with van der Waals surface area (Å²) in [6, 6.07) is 13.6. The highest BCUT2D eigenvalue weighted by molar-refractivity contribution is 6.00. The van der Waals surface area contributed by atoms with E-state index >= 15 is 0 Å². The molecule has 2 aromatic rings. The van der Waals surface area contributed by atoms with Crippen LogP contribution in [0.3, 0.4) is 0 Å². The Hall–Kier alpha value is -2.62. The Morgan fingerprint density at radius 3 is 2.58 bits per heavy atom. The standard InChI is InChI=1S/C22H25NO3/c1-14(2)18-10-9-15(3)11-20(18)26-22(25)17-12-21(24)23(13-17)19-8-6-5-7-16(19)4/h5-11,14,17H,12-13H2,1-4H3/t17-/m1/s1. The molecule has 1 fully saturated rings. The summed E-state index contributed by atoms with van der Waals surface area (Å²) in [5, 5.41) is 0. The van der Waals surface area contributed by atoms with Crippen molar-refractivity contribution in [2.45, 2.75) is 40.0 Å². The second-order valence-electron chi connectivity index (χ2n) is 7.31. The maximum absolute atomic E-state index is 12.7. The number of carbonyl (C=O) groups excluding carboxylic acids is 2. The molecule has 1 heterocycles. The second-order valence-corrected chi connectivity index (χ2v) is 7.31. The fraction of sp³-hybridized carbons (Fsp3) is 0.364. The van der Waals surface area contributed by atoms with Gasteiger partial charge >= 0.3 is 5.97 Å². The molecule has 1 saturated heterocycles. The number of aryl methyl sites for hydroxylation is 2. The molecular weight excluding hydrogens is 326 g/mol. The van der Waals surface area contributed by atoms with E-state index in [-0.39, 0.29) is 24.2 Å². The smallest absolute Gasteiger partial charge is 0.316 e. The minimum absolute atomic E-state index is 0.0328. The molecule has 0 spiro atoms. The maximum Gasteiger partial charge on any atom is 0.316 e. The van der Waals surface area contributed by atoms with Crippen molar-refractivity contribution in [1.29, 1.82) is 0 Å². The molecular formula is C22H25NO3. The molecule has 0 aliphatic carbocycles. The normalized spacial score (nSPS) is 17.0. The van der Waals surface area contributed by atoms with Crippen LogP contribution in [0.4, 0.5) is 5.69 Å². The van der Waals surface area contributed by atoms with Gasteiger partial charge in [0.1, 0.15) is 5.75 Å². The number of rotatable bonds is 4. The topological polar surface area (TPSA) is 46.6 Å². The molecule has 1 amide bonds. The summed E-state index contributed by atoms with van der Waals surface area (Å²) >= 11 is 0. The maximum atomic E-state index is 12.7. The molecule has 26 heavy (non-hydrogen) atoms. The highest BCUT2D eigenvalue weighted by atomic mass is 16.5. The van der Waals surface area contributed by atoms with Gasteiger partial charge in [0.15, 0.2) is 0 Å². The summed E-state index contributed by atoms with van der Waals surface area (Å²) in [5.74, 6) is 0.0537. The zero-order valence-electron chi connectivity index (χ0n) is 15.8. The minimum Gasteiger partial charge on any atom is -0.426 e. The summed E-state index contributed by atoms with van der Waals surface area (Å²) in [6.07, 6.45) is 0.190. The second kappa shape index (κ2) is 7.32. The van der Waals surface area contributed by atoms with Gasteiger partial charge in [0.2, 0.25) is 5.91 Å². The van der Waals surface area contributed by atoms with Gasteiger partial charge in [-0.1, -0.05) is 44.2 Å². The van der Waals surface area contributed by atoms with E-state index in [1.165, 1.54) is 0 Å². The number of nitrogens with zero attached hydrogens (tertiary/aromatic N) is 1. The van der Waals surface area contributed by atoms with Crippen molar-refractivity contribution in [2.75, 3.05) is 11.4 Å². The zero-order chi connectivity index (χ0) is 18.8. The quantitative estimate of drug-likeness (QED) is 0.606. The number of amides is 1. The summed E-state index contributed by atoms with van der Waals surface area (Å²) < 4.78 is 5.72. The molecule has 0 unspecified atom stereocenters. The Morgan fingerprint density at radius 1 is 1.15 bits per heavy atom. The Balaban J connectivity index is 1.77. The van der Waals surface area contributed by atoms with Crippen molar-refractivity contribution in [3.63, 3.8) is 0 Å². The lowest BCUT2D eigenvalue weighted by Gasteiger charge is -2.19. The zero-order valence-corrected chi connectivity index (χ0v) is 15.8. The number of hydrogen-bond acceptors (Lipinski definition) is 3. The van der Waals surface area contributed by atoms with Crippen molar-refractivity contribution in [3.05, 3.63) is 59.2 Å². The van der Waals surface area contributed by atoms with Crippen LogP contribution >= 0.6 is 0 Å². The van der Waals surface area contributed by atoms with E-state index in [1.54, 1.807) is 4.90 Å². The van der Waals surface area contributed by atoms with Gasteiger partial charge in [-0.2, -0.15) is 0 Å². The summed E-state index contributed by atoms with van der Waals surface area (Å²) in [4.78, 5) is 26.8. The first kappa shape index (κ1) is 18.2. The number of esters is 1. The van der Waals surface area contributed by atoms with E-state index < -0.39 is 5.92 Å². The molecule has 0 bridgehead atoms. The SMILES string of the molecule is Cc1ccc(C(C)C)c(OC(=O)[C@@H]2CC(=O)N(c3ccccc3C)C2)c1. The van der Waals surface area contributed by atoms with Crippen molar-refractivity contribution >= 4 is 17.6 Å².